The van der Waals surface area contributed by atoms with E-state index in [2.05, 4.69) is 23.1 Å². The molecule has 180 valence electrons. The van der Waals surface area contributed by atoms with Gasteiger partial charge in [-0.25, -0.2) is 9.40 Å². The number of esters is 1. The molecule has 0 bridgehead atoms. The van der Waals surface area contributed by atoms with Crippen molar-refractivity contribution in [2.45, 2.75) is 46.1 Å². The van der Waals surface area contributed by atoms with E-state index in [0.29, 0.717) is 39.0 Å². The second-order valence-corrected chi connectivity index (χ2v) is 9.18. The van der Waals surface area contributed by atoms with Gasteiger partial charge in [0.05, 0.1) is 30.8 Å². The topological polar surface area (TPSA) is 62.2 Å². The molecule has 6 nitrogen and oxygen atoms in total. The van der Waals surface area contributed by atoms with Crippen LogP contribution in [0.25, 0.3) is 0 Å². The zero-order chi connectivity index (χ0) is 24.2. The lowest BCUT2D eigenvalue weighted by molar-refractivity contribution is -0.149. The number of nitrogens with zero attached hydrogens (tertiary/aromatic N) is 3. The van der Waals surface area contributed by atoms with Gasteiger partial charge in [-0.05, 0) is 76.0 Å². The fourth-order valence-corrected chi connectivity index (χ4v) is 4.77. The molecule has 1 atom stereocenters. The molecule has 0 aliphatic carbocycles. The zero-order valence-corrected chi connectivity index (χ0v) is 20.1. The molecule has 1 unspecified atom stereocenters. The molecule has 34 heavy (non-hydrogen) atoms. The maximum absolute atomic E-state index is 14.0. The van der Waals surface area contributed by atoms with E-state index < -0.39 is 0 Å². The van der Waals surface area contributed by atoms with Crippen molar-refractivity contribution in [3.8, 4) is 0 Å². The molecular weight excluding hydrogens is 433 g/mol. The van der Waals surface area contributed by atoms with E-state index in [1.807, 2.05) is 26.8 Å². The predicted molar refractivity (Wildman–Crippen MR) is 129 cm³/mol. The lowest BCUT2D eigenvalue weighted by Gasteiger charge is -2.31. The summed E-state index contributed by atoms with van der Waals surface area (Å²) in [5.74, 6) is -0.704. The van der Waals surface area contributed by atoms with Gasteiger partial charge in [-0.2, -0.15) is 5.10 Å². The van der Waals surface area contributed by atoms with Gasteiger partial charge >= 0.3 is 5.97 Å². The molecule has 2 aliphatic rings. The summed E-state index contributed by atoms with van der Waals surface area (Å²) in [6.07, 6.45) is 1.89. The summed E-state index contributed by atoms with van der Waals surface area (Å²) in [7, 11) is 0. The first kappa shape index (κ1) is 24.1. The van der Waals surface area contributed by atoms with Crippen LogP contribution < -0.4 is 0 Å². The average Bonchev–Trinajstić information content (AvgIpc) is 3.27. The Morgan fingerprint density at radius 2 is 1.88 bits per heavy atom. The summed E-state index contributed by atoms with van der Waals surface area (Å²) < 4.78 is 19.2. The van der Waals surface area contributed by atoms with Crippen LogP contribution in [0.15, 0.2) is 47.6 Å². The van der Waals surface area contributed by atoms with Crippen molar-refractivity contribution in [3.63, 3.8) is 0 Å². The molecular formula is C27H32FN3O3. The molecule has 1 saturated heterocycles. The van der Waals surface area contributed by atoms with Gasteiger partial charge in [0.25, 0.3) is 5.91 Å². The van der Waals surface area contributed by atoms with Crippen LogP contribution in [-0.2, 0) is 14.3 Å². The summed E-state index contributed by atoms with van der Waals surface area (Å²) in [6.45, 7) is 7.78. The molecule has 2 aromatic carbocycles. The molecule has 7 heteroatoms. The first-order valence-corrected chi connectivity index (χ1v) is 12.0. The Balaban J connectivity index is 1.52. The number of aryl methyl sites for hydroxylation is 2. The third kappa shape index (κ3) is 5.36. The number of benzene rings is 2. The Kier molecular flexibility index (Phi) is 7.41. The highest BCUT2D eigenvalue weighted by atomic mass is 19.1. The number of hydrogen-bond acceptors (Lipinski definition) is 5. The third-order valence-electron chi connectivity index (χ3n) is 6.67. The fourth-order valence-electron chi connectivity index (χ4n) is 4.77. The second kappa shape index (κ2) is 10.5. The molecule has 1 amide bonds. The molecule has 4 rings (SSSR count). The zero-order valence-electron chi connectivity index (χ0n) is 20.1. The molecule has 0 spiro atoms. The predicted octanol–water partition coefficient (Wildman–Crippen LogP) is 4.40. The number of carbonyl (C=O) groups is 2. The Morgan fingerprint density at radius 3 is 2.59 bits per heavy atom. The summed E-state index contributed by atoms with van der Waals surface area (Å²) in [5.41, 5.74) is 4.81. The maximum Gasteiger partial charge on any atom is 0.309 e. The molecule has 0 saturated carbocycles. The number of rotatable bonds is 6. The van der Waals surface area contributed by atoms with E-state index in [1.165, 1.54) is 17.1 Å². The number of halogens is 1. The van der Waals surface area contributed by atoms with Crippen LogP contribution in [0.2, 0.25) is 0 Å². The molecule has 2 aliphatic heterocycles. The Morgan fingerprint density at radius 1 is 1.12 bits per heavy atom. The molecule has 2 aromatic rings. The quantitative estimate of drug-likeness (QED) is 0.594. The van der Waals surface area contributed by atoms with Gasteiger partial charge < -0.3 is 4.74 Å². The van der Waals surface area contributed by atoms with Crippen molar-refractivity contribution in [2.24, 2.45) is 11.0 Å². The van der Waals surface area contributed by atoms with Gasteiger partial charge in [0.2, 0.25) is 0 Å². The summed E-state index contributed by atoms with van der Waals surface area (Å²) in [6, 6.07) is 12.3. The maximum atomic E-state index is 14.0. The number of hydrogen-bond donors (Lipinski definition) is 0. The van der Waals surface area contributed by atoms with Gasteiger partial charge in [0, 0.05) is 12.0 Å². The second-order valence-electron chi connectivity index (χ2n) is 9.18. The van der Waals surface area contributed by atoms with Crippen LogP contribution >= 0.6 is 0 Å². The van der Waals surface area contributed by atoms with Crippen LogP contribution in [0.5, 0.6) is 0 Å². The summed E-state index contributed by atoms with van der Waals surface area (Å²) in [5, 5.41) is 6.29. The normalized spacial score (nSPS) is 19.2. The van der Waals surface area contributed by atoms with Crippen molar-refractivity contribution in [2.75, 3.05) is 26.2 Å². The Hall–Kier alpha value is -3.06. The van der Waals surface area contributed by atoms with Crippen molar-refractivity contribution < 1.29 is 18.7 Å². The SMILES string of the molecule is CCOC(=O)C1CCN(CC(=O)N2N=C(c3cc(C)ccc3C)CC2c2cccc(F)c2)CC1. The number of likely N-dealkylation sites (tertiary alicyclic amines) is 1. The van der Waals surface area contributed by atoms with Gasteiger partial charge in [0.15, 0.2) is 0 Å². The molecule has 1 fully saturated rings. The van der Waals surface area contributed by atoms with Crippen molar-refractivity contribution in [1.29, 1.82) is 0 Å². The monoisotopic (exact) mass is 465 g/mol. The van der Waals surface area contributed by atoms with Crippen LogP contribution in [0.4, 0.5) is 4.39 Å². The minimum Gasteiger partial charge on any atom is -0.466 e. The number of carbonyl (C=O) groups excluding carboxylic acids is 2. The number of piperidine rings is 1. The number of amides is 1. The van der Waals surface area contributed by atoms with E-state index in [4.69, 9.17) is 9.84 Å². The number of hydrazone groups is 1. The van der Waals surface area contributed by atoms with E-state index in [1.54, 1.807) is 6.07 Å². The smallest absolute Gasteiger partial charge is 0.309 e. The molecule has 2 heterocycles. The standard InChI is InChI=1S/C27H32FN3O3/c1-4-34-27(33)20-10-12-30(13-11-20)17-26(32)31-25(21-6-5-7-22(28)15-21)16-24(29-31)23-14-18(2)8-9-19(23)3/h5-9,14-15,20,25H,4,10-13,16-17H2,1-3H3. The van der Waals surface area contributed by atoms with Gasteiger partial charge in [-0.3, -0.25) is 14.5 Å². The largest absolute Gasteiger partial charge is 0.466 e. The highest BCUT2D eigenvalue weighted by Gasteiger charge is 2.35. The van der Waals surface area contributed by atoms with Crippen molar-refractivity contribution >= 4 is 17.6 Å². The van der Waals surface area contributed by atoms with Crippen LogP contribution in [-0.4, -0.2) is 53.7 Å². The Labute approximate surface area is 200 Å². The third-order valence-corrected chi connectivity index (χ3v) is 6.67. The summed E-state index contributed by atoms with van der Waals surface area (Å²) >= 11 is 0. The highest BCUT2D eigenvalue weighted by Crippen LogP contribution is 2.34. The van der Waals surface area contributed by atoms with Crippen LogP contribution in [0.3, 0.4) is 0 Å². The van der Waals surface area contributed by atoms with Crippen molar-refractivity contribution in [1.82, 2.24) is 9.91 Å². The fraction of sp³-hybridized carbons (Fsp3) is 0.444. The molecule has 0 radical (unpaired) electrons. The lowest BCUT2D eigenvalue weighted by Crippen LogP contribution is -2.43. The van der Waals surface area contributed by atoms with E-state index in [0.717, 1.165) is 28.0 Å². The molecule has 0 aromatic heterocycles. The molecule has 0 N–H and O–H groups in total. The average molecular weight is 466 g/mol. The van der Waals surface area contributed by atoms with E-state index in [-0.39, 0.29) is 36.2 Å². The summed E-state index contributed by atoms with van der Waals surface area (Å²) in [4.78, 5) is 27.5. The van der Waals surface area contributed by atoms with Crippen LogP contribution in [0.1, 0.15) is 54.5 Å². The van der Waals surface area contributed by atoms with Gasteiger partial charge in [-0.1, -0.05) is 29.8 Å². The Bertz CT molecular complexity index is 1090. The number of ether oxygens (including phenoxy) is 1. The van der Waals surface area contributed by atoms with Crippen LogP contribution in [0, 0.1) is 25.6 Å². The van der Waals surface area contributed by atoms with E-state index >= 15 is 0 Å². The lowest BCUT2D eigenvalue weighted by atomic mass is 9.95. The highest BCUT2D eigenvalue weighted by molar-refractivity contribution is 6.04. The van der Waals surface area contributed by atoms with Crippen molar-refractivity contribution in [3.05, 3.63) is 70.5 Å². The van der Waals surface area contributed by atoms with Gasteiger partial charge in [0.1, 0.15) is 5.82 Å². The first-order valence-electron chi connectivity index (χ1n) is 12.0. The minimum atomic E-state index is -0.352. The van der Waals surface area contributed by atoms with E-state index in [9.17, 15) is 14.0 Å². The van der Waals surface area contributed by atoms with Gasteiger partial charge in [-0.15, -0.1) is 0 Å². The first-order chi connectivity index (χ1) is 16.4. The minimum absolute atomic E-state index is 0.105.